The number of anilines is 1. The normalized spacial score (nSPS) is 29.7. The smallest absolute Gasteiger partial charge is 0.312 e. The highest BCUT2D eigenvalue weighted by atomic mass is 16.6. The van der Waals surface area contributed by atoms with E-state index < -0.39 is 35.6 Å². The lowest BCUT2D eigenvalue weighted by molar-refractivity contribution is -0.154. The van der Waals surface area contributed by atoms with Crippen molar-refractivity contribution in [1.82, 2.24) is 4.90 Å². The Hall–Kier alpha value is -2.91. The van der Waals surface area contributed by atoms with Crippen molar-refractivity contribution in [2.75, 3.05) is 38.3 Å². The molecule has 0 aliphatic carbocycles. The summed E-state index contributed by atoms with van der Waals surface area (Å²) in [5.41, 5.74) is -0.511. The average Bonchev–Trinajstić information content (AvgIpc) is 3.45. The molecule has 3 fully saturated rings. The summed E-state index contributed by atoms with van der Waals surface area (Å²) >= 11 is 0. The van der Waals surface area contributed by atoms with Crippen molar-refractivity contribution in [3.63, 3.8) is 0 Å². The highest BCUT2D eigenvalue weighted by Crippen LogP contribution is 2.58. The highest BCUT2D eigenvalue weighted by molar-refractivity contribution is 6.04. The van der Waals surface area contributed by atoms with Gasteiger partial charge in [-0.25, -0.2) is 0 Å². The van der Waals surface area contributed by atoms with Gasteiger partial charge in [0.1, 0.15) is 17.4 Å². The minimum Gasteiger partial charge on any atom is -0.497 e. The number of rotatable bonds is 9. The van der Waals surface area contributed by atoms with Gasteiger partial charge < -0.3 is 29.1 Å². The van der Waals surface area contributed by atoms with Crippen molar-refractivity contribution in [3.05, 3.63) is 36.9 Å². The van der Waals surface area contributed by atoms with Gasteiger partial charge in [0.25, 0.3) is 5.91 Å². The van der Waals surface area contributed by atoms with Gasteiger partial charge in [0, 0.05) is 18.8 Å². The molecule has 2 unspecified atom stereocenters. The van der Waals surface area contributed by atoms with E-state index >= 15 is 0 Å². The fourth-order valence-electron chi connectivity index (χ4n) is 5.65. The van der Waals surface area contributed by atoms with Crippen molar-refractivity contribution >= 4 is 23.5 Å². The standard InChI is InChI=1S/C24H30N2O7/c1-4-12-25(15-6-8-16(31-3)9-7-15)22(29)20-24-11-10-17(33-24)18(23(30)32-5-2)19(24)21(28)26(20)13-14-27/h4,6-9,17-20,27H,1,5,10-14H2,2-3H3/t17-,18+,19-,20?,24?/m0/s1. The molecule has 3 heterocycles. The summed E-state index contributed by atoms with van der Waals surface area (Å²) in [6.07, 6.45) is 2.19. The van der Waals surface area contributed by atoms with Crippen molar-refractivity contribution < 1.29 is 33.7 Å². The van der Waals surface area contributed by atoms with Crippen LogP contribution in [0.5, 0.6) is 5.75 Å². The van der Waals surface area contributed by atoms with Gasteiger partial charge in [-0.3, -0.25) is 14.4 Å². The Morgan fingerprint density at radius 1 is 1.36 bits per heavy atom. The second-order valence-corrected chi connectivity index (χ2v) is 8.50. The molecular formula is C24H30N2O7. The van der Waals surface area contributed by atoms with E-state index in [4.69, 9.17) is 14.2 Å². The Morgan fingerprint density at radius 3 is 2.70 bits per heavy atom. The van der Waals surface area contributed by atoms with Gasteiger partial charge in [-0.05, 0) is 44.0 Å². The molecule has 3 aliphatic rings. The van der Waals surface area contributed by atoms with E-state index in [9.17, 15) is 19.5 Å². The van der Waals surface area contributed by atoms with E-state index in [1.54, 1.807) is 49.3 Å². The Kier molecular flexibility index (Phi) is 6.45. The van der Waals surface area contributed by atoms with E-state index in [-0.39, 0.29) is 38.1 Å². The lowest BCUT2D eigenvalue weighted by atomic mass is 9.70. The summed E-state index contributed by atoms with van der Waals surface area (Å²) in [5.74, 6) is -2.07. The second kappa shape index (κ2) is 9.15. The number of nitrogens with zero attached hydrogens (tertiary/aromatic N) is 2. The maximum Gasteiger partial charge on any atom is 0.312 e. The molecule has 0 radical (unpaired) electrons. The van der Waals surface area contributed by atoms with E-state index in [0.29, 0.717) is 24.3 Å². The Labute approximate surface area is 192 Å². The number of aliphatic hydroxyl groups is 1. The maximum absolute atomic E-state index is 14.0. The Balaban J connectivity index is 1.73. The number of ether oxygens (including phenoxy) is 3. The van der Waals surface area contributed by atoms with Gasteiger partial charge in [0.05, 0.1) is 38.3 Å². The fourth-order valence-corrected chi connectivity index (χ4v) is 5.65. The van der Waals surface area contributed by atoms with Crippen molar-refractivity contribution in [2.45, 2.75) is 37.5 Å². The summed E-state index contributed by atoms with van der Waals surface area (Å²) in [4.78, 5) is 43.2. The monoisotopic (exact) mass is 458 g/mol. The molecule has 3 aliphatic heterocycles. The van der Waals surface area contributed by atoms with E-state index in [2.05, 4.69) is 6.58 Å². The van der Waals surface area contributed by atoms with Crippen LogP contribution in [0.2, 0.25) is 0 Å². The first-order valence-electron chi connectivity index (χ1n) is 11.3. The van der Waals surface area contributed by atoms with Crippen molar-refractivity contribution in [1.29, 1.82) is 0 Å². The quantitative estimate of drug-likeness (QED) is 0.437. The van der Waals surface area contributed by atoms with Crippen LogP contribution in [0.1, 0.15) is 19.8 Å². The minimum atomic E-state index is -1.13. The predicted octanol–water partition coefficient (Wildman–Crippen LogP) is 1.14. The molecule has 178 valence electrons. The van der Waals surface area contributed by atoms with Gasteiger partial charge in [-0.2, -0.15) is 0 Å². The van der Waals surface area contributed by atoms with Crippen LogP contribution in [-0.4, -0.2) is 79.0 Å². The molecule has 33 heavy (non-hydrogen) atoms. The molecule has 9 nitrogen and oxygen atoms in total. The van der Waals surface area contributed by atoms with Gasteiger partial charge in [-0.1, -0.05) is 6.08 Å². The zero-order valence-electron chi connectivity index (χ0n) is 18.9. The lowest BCUT2D eigenvalue weighted by Gasteiger charge is -2.36. The number of amides is 2. The Bertz CT molecular complexity index is 933. The number of hydrogen-bond donors (Lipinski definition) is 1. The first-order chi connectivity index (χ1) is 15.9. The van der Waals surface area contributed by atoms with Gasteiger partial charge >= 0.3 is 5.97 Å². The number of β-amino-alcohol motifs (C(OH)–C–C–N with tert-alkyl or cyclic N) is 1. The van der Waals surface area contributed by atoms with Crippen LogP contribution in [-0.2, 0) is 23.9 Å². The molecule has 1 aromatic rings. The Morgan fingerprint density at radius 2 is 2.09 bits per heavy atom. The number of benzene rings is 1. The summed E-state index contributed by atoms with van der Waals surface area (Å²) < 4.78 is 16.8. The van der Waals surface area contributed by atoms with E-state index in [1.165, 1.54) is 4.90 Å². The van der Waals surface area contributed by atoms with Gasteiger partial charge in [0.2, 0.25) is 5.91 Å². The number of fused-ring (bicyclic) bond motifs is 1. The first kappa shape index (κ1) is 23.3. The second-order valence-electron chi connectivity index (χ2n) is 8.50. The van der Waals surface area contributed by atoms with Crippen LogP contribution in [0.25, 0.3) is 0 Å². The number of aliphatic hydroxyl groups excluding tert-OH is 1. The summed E-state index contributed by atoms with van der Waals surface area (Å²) in [7, 11) is 1.56. The zero-order valence-corrected chi connectivity index (χ0v) is 18.9. The van der Waals surface area contributed by atoms with Gasteiger partial charge in [-0.15, -0.1) is 6.58 Å². The summed E-state index contributed by atoms with van der Waals surface area (Å²) in [5, 5.41) is 9.67. The van der Waals surface area contributed by atoms with E-state index in [0.717, 1.165) is 0 Å². The number of likely N-dealkylation sites (tertiary alicyclic amines) is 1. The van der Waals surface area contributed by atoms with Crippen LogP contribution in [0.15, 0.2) is 36.9 Å². The maximum atomic E-state index is 14.0. The number of carbonyl (C=O) groups excluding carboxylic acids is 3. The molecule has 1 spiro atoms. The highest BCUT2D eigenvalue weighted by Gasteiger charge is 2.75. The largest absolute Gasteiger partial charge is 0.497 e. The van der Waals surface area contributed by atoms with Gasteiger partial charge in [0.15, 0.2) is 0 Å². The van der Waals surface area contributed by atoms with E-state index in [1.807, 2.05) is 0 Å². The molecule has 5 atom stereocenters. The fraction of sp³-hybridized carbons (Fsp3) is 0.542. The lowest BCUT2D eigenvalue weighted by Crippen LogP contribution is -2.56. The predicted molar refractivity (Wildman–Crippen MR) is 119 cm³/mol. The number of esters is 1. The third-order valence-corrected chi connectivity index (χ3v) is 6.90. The zero-order chi connectivity index (χ0) is 23.8. The molecule has 1 N–H and O–H groups in total. The average molecular weight is 459 g/mol. The number of carbonyl (C=O) groups is 3. The molecule has 3 saturated heterocycles. The van der Waals surface area contributed by atoms with Crippen LogP contribution in [0.3, 0.4) is 0 Å². The van der Waals surface area contributed by atoms with Crippen molar-refractivity contribution in [3.8, 4) is 5.75 Å². The molecule has 2 bridgehead atoms. The number of hydrogen-bond acceptors (Lipinski definition) is 7. The summed E-state index contributed by atoms with van der Waals surface area (Å²) in [6.45, 7) is 5.57. The molecule has 2 amide bonds. The SMILES string of the molecule is C=CCN(C(=O)C1N(CCO)C(=O)[C@@H]2[C@H](C(=O)OCC)[C@@H]3CCC12O3)c1ccc(OC)cc1. The van der Waals surface area contributed by atoms with Crippen LogP contribution >= 0.6 is 0 Å². The number of methoxy groups -OCH3 is 1. The summed E-state index contributed by atoms with van der Waals surface area (Å²) in [6, 6.07) is 6.06. The molecule has 4 rings (SSSR count). The molecular weight excluding hydrogens is 428 g/mol. The van der Waals surface area contributed by atoms with Crippen molar-refractivity contribution in [2.24, 2.45) is 11.8 Å². The minimum absolute atomic E-state index is 0.0262. The topological polar surface area (TPSA) is 106 Å². The van der Waals surface area contributed by atoms with Crippen LogP contribution < -0.4 is 9.64 Å². The van der Waals surface area contributed by atoms with Crippen LogP contribution in [0, 0.1) is 11.8 Å². The van der Waals surface area contributed by atoms with Crippen LogP contribution in [0.4, 0.5) is 5.69 Å². The molecule has 0 saturated carbocycles. The third kappa shape index (κ3) is 3.59. The molecule has 0 aromatic heterocycles. The third-order valence-electron chi connectivity index (χ3n) is 6.90. The first-order valence-corrected chi connectivity index (χ1v) is 11.3. The molecule has 9 heteroatoms. The molecule has 1 aromatic carbocycles.